The van der Waals surface area contributed by atoms with Crippen LogP contribution in [0.2, 0.25) is 0 Å². The van der Waals surface area contributed by atoms with Crippen molar-refractivity contribution in [3.8, 4) is 0 Å². The lowest BCUT2D eigenvalue weighted by Gasteiger charge is -2.34. The molecule has 3 N–H and O–H groups in total. The topological polar surface area (TPSA) is 71.1 Å². The lowest BCUT2D eigenvalue weighted by molar-refractivity contribution is 0.0459. The highest BCUT2D eigenvalue weighted by Gasteiger charge is 2.23. The Kier molecular flexibility index (Phi) is 4.79. The van der Waals surface area contributed by atoms with E-state index in [4.69, 9.17) is 15.7 Å². The van der Waals surface area contributed by atoms with Gasteiger partial charge in [0.15, 0.2) is 5.84 Å². The summed E-state index contributed by atoms with van der Waals surface area (Å²) >= 11 is 0. The van der Waals surface area contributed by atoms with Crippen molar-refractivity contribution in [1.29, 1.82) is 0 Å². The third-order valence-corrected chi connectivity index (χ3v) is 3.54. The molecule has 0 spiro atoms. The summed E-state index contributed by atoms with van der Waals surface area (Å²) in [4.78, 5) is 2.05. The van der Waals surface area contributed by atoms with Crippen LogP contribution >= 0.6 is 0 Å². The Labute approximate surface area is 117 Å². The number of oxime groups is 1. The summed E-state index contributed by atoms with van der Waals surface area (Å²) in [7, 11) is 0. The standard InChI is InChI=1S/C14H20FN3O2/c1-2-20-10-6-8-18(9-7-10)12-5-3-4-11(15)13(12)14(16)17-19/h3-5,10,19H,2,6-9H2,1H3,(H2,16,17). The fourth-order valence-corrected chi connectivity index (χ4v) is 2.58. The zero-order valence-corrected chi connectivity index (χ0v) is 11.6. The van der Waals surface area contributed by atoms with Gasteiger partial charge in [0.2, 0.25) is 0 Å². The summed E-state index contributed by atoms with van der Waals surface area (Å²) in [5.74, 6) is -0.685. The Hall–Kier alpha value is -1.82. The average molecular weight is 281 g/mol. The summed E-state index contributed by atoms with van der Waals surface area (Å²) in [5, 5.41) is 11.7. The van der Waals surface area contributed by atoms with Gasteiger partial charge >= 0.3 is 0 Å². The van der Waals surface area contributed by atoms with Gasteiger partial charge in [0.1, 0.15) is 5.82 Å². The van der Waals surface area contributed by atoms with Crippen molar-refractivity contribution in [3.05, 3.63) is 29.6 Å². The Morgan fingerprint density at radius 2 is 2.20 bits per heavy atom. The van der Waals surface area contributed by atoms with Crippen molar-refractivity contribution in [3.63, 3.8) is 0 Å². The molecule has 110 valence electrons. The molecule has 0 unspecified atom stereocenters. The number of amidine groups is 1. The number of hydrogen-bond donors (Lipinski definition) is 2. The molecule has 1 aromatic carbocycles. The van der Waals surface area contributed by atoms with Crippen molar-refractivity contribution < 1.29 is 14.3 Å². The average Bonchev–Trinajstić information content (AvgIpc) is 2.47. The second kappa shape index (κ2) is 6.56. The highest BCUT2D eigenvalue weighted by atomic mass is 19.1. The molecule has 20 heavy (non-hydrogen) atoms. The van der Waals surface area contributed by atoms with E-state index >= 15 is 0 Å². The van der Waals surface area contributed by atoms with Crippen molar-refractivity contribution in [1.82, 2.24) is 0 Å². The van der Waals surface area contributed by atoms with Crippen LogP contribution in [0.5, 0.6) is 0 Å². The minimum absolute atomic E-state index is 0.157. The highest BCUT2D eigenvalue weighted by Crippen LogP contribution is 2.27. The van der Waals surface area contributed by atoms with Crippen molar-refractivity contribution in [2.24, 2.45) is 10.9 Å². The SMILES string of the molecule is CCOC1CCN(c2cccc(F)c2C(N)=NO)CC1. The normalized spacial score (nSPS) is 17.5. The zero-order chi connectivity index (χ0) is 14.5. The molecule has 0 aromatic heterocycles. The Morgan fingerprint density at radius 1 is 1.50 bits per heavy atom. The predicted molar refractivity (Wildman–Crippen MR) is 75.8 cm³/mol. The van der Waals surface area contributed by atoms with Crippen LogP contribution in [0.4, 0.5) is 10.1 Å². The second-order valence-electron chi connectivity index (χ2n) is 4.76. The maximum atomic E-state index is 13.9. The van der Waals surface area contributed by atoms with E-state index in [0.717, 1.165) is 25.9 Å². The van der Waals surface area contributed by atoms with Gasteiger partial charge in [-0.15, -0.1) is 0 Å². The van der Waals surface area contributed by atoms with Gasteiger partial charge in [-0.3, -0.25) is 0 Å². The van der Waals surface area contributed by atoms with Gasteiger partial charge in [0.05, 0.1) is 17.4 Å². The molecule has 0 aliphatic carbocycles. The van der Waals surface area contributed by atoms with Crippen LogP contribution in [0.1, 0.15) is 25.3 Å². The first-order valence-electron chi connectivity index (χ1n) is 6.80. The largest absolute Gasteiger partial charge is 0.409 e. The van der Waals surface area contributed by atoms with Crippen molar-refractivity contribution >= 4 is 11.5 Å². The number of hydrogen-bond acceptors (Lipinski definition) is 4. The monoisotopic (exact) mass is 281 g/mol. The van der Waals surface area contributed by atoms with Crippen LogP contribution in [-0.4, -0.2) is 36.8 Å². The van der Waals surface area contributed by atoms with Gasteiger partial charge in [0, 0.05) is 19.7 Å². The maximum absolute atomic E-state index is 13.9. The van der Waals surface area contributed by atoms with Crippen LogP contribution in [0.3, 0.4) is 0 Å². The fraction of sp³-hybridized carbons (Fsp3) is 0.500. The number of nitrogens with zero attached hydrogens (tertiary/aromatic N) is 2. The summed E-state index contributed by atoms with van der Waals surface area (Å²) in [6.45, 7) is 4.22. The zero-order valence-electron chi connectivity index (χ0n) is 11.6. The van der Waals surface area contributed by atoms with Gasteiger partial charge in [-0.25, -0.2) is 4.39 Å². The van der Waals surface area contributed by atoms with Crippen LogP contribution in [0.25, 0.3) is 0 Å². The van der Waals surface area contributed by atoms with Crippen molar-refractivity contribution in [2.45, 2.75) is 25.9 Å². The molecule has 1 aromatic rings. The van der Waals surface area contributed by atoms with Crippen LogP contribution in [0, 0.1) is 5.82 Å². The molecule has 0 bridgehead atoms. The number of rotatable bonds is 4. The van der Waals surface area contributed by atoms with Gasteiger partial charge in [-0.05, 0) is 31.9 Å². The predicted octanol–water partition coefficient (Wildman–Crippen LogP) is 1.93. The molecular formula is C14H20FN3O2. The second-order valence-corrected chi connectivity index (χ2v) is 4.76. The van der Waals surface area contributed by atoms with Crippen LogP contribution in [0.15, 0.2) is 23.4 Å². The first-order valence-corrected chi connectivity index (χ1v) is 6.80. The summed E-state index contributed by atoms with van der Waals surface area (Å²) in [6.07, 6.45) is 2.04. The summed E-state index contributed by atoms with van der Waals surface area (Å²) in [5.41, 5.74) is 6.41. The number of piperidine rings is 1. The maximum Gasteiger partial charge on any atom is 0.175 e. The molecule has 0 saturated carbocycles. The first-order chi connectivity index (χ1) is 9.67. The van der Waals surface area contributed by atoms with Gasteiger partial charge in [-0.2, -0.15) is 0 Å². The molecule has 1 aliphatic heterocycles. The molecule has 1 fully saturated rings. The molecule has 6 heteroatoms. The number of anilines is 1. The molecule has 5 nitrogen and oxygen atoms in total. The van der Waals surface area contributed by atoms with E-state index in [-0.39, 0.29) is 17.5 Å². The molecule has 1 saturated heterocycles. The smallest absolute Gasteiger partial charge is 0.175 e. The number of benzene rings is 1. The molecule has 1 aliphatic rings. The van der Waals surface area contributed by atoms with Crippen LogP contribution in [-0.2, 0) is 4.74 Å². The van der Waals surface area contributed by atoms with E-state index in [1.54, 1.807) is 12.1 Å². The number of nitrogens with two attached hydrogens (primary N) is 1. The van der Waals surface area contributed by atoms with E-state index in [2.05, 4.69) is 5.16 Å². The van der Waals surface area contributed by atoms with E-state index in [1.807, 2.05) is 11.8 Å². The number of halogens is 1. The molecule has 1 heterocycles. The van der Waals surface area contributed by atoms with E-state index < -0.39 is 5.82 Å². The molecule has 0 amide bonds. The minimum Gasteiger partial charge on any atom is -0.409 e. The Bertz CT molecular complexity index is 485. The molecule has 0 radical (unpaired) electrons. The third-order valence-electron chi connectivity index (χ3n) is 3.54. The lowest BCUT2D eigenvalue weighted by Crippen LogP contribution is -2.38. The van der Waals surface area contributed by atoms with Crippen molar-refractivity contribution in [2.75, 3.05) is 24.6 Å². The highest BCUT2D eigenvalue weighted by molar-refractivity contribution is 6.02. The van der Waals surface area contributed by atoms with Gasteiger partial charge in [0.25, 0.3) is 0 Å². The quantitative estimate of drug-likeness (QED) is 0.383. The Balaban J connectivity index is 2.20. The minimum atomic E-state index is -0.482. The molecule has 2 rings (SSSR count). The van der Waals surface area contributed by atoms with Crippen LogP contribution < -0.4 is 10.6 Å². The first kappa shape index (κ1) is 14.6. The Morgan fingerprint density at radius 3 is 2.80 bits per heavy atom. The van der Waals surface area contributed by atoms with Gasteiger partial charge < -0.3 is 20.6 Å². The third kappa shape index (κ3) is 3.01. The van der Waals surface area contributed by atoms with E-state index in [1.165, 1.54) is 6.07 Å². The molecule has 0 atom stereocenters. The van der Waals surface area contributed by atoms with E-state index in [0.29, 0.717) is 12.3 Å². The molecular weight excluding hydrogens is 261 g/mol. The fourth-order valence-electron chi connectivity index (χ4n) is 2.58. The lowest BCUT2D eigenvalue weighted by atomic mass is 10.0. The number of ether oxygens (including phenoxy) is 1. The summed E-state index contributed by atoms with van der Waals surface area (Å²) in [6, 6.07) is 4.73. The summed E-state index contributed by atoms with van der Waals surface area (Å²) < 4.78 is 19.5. The van der Waals surface area contributed by atoms with Gasteiger partial charge in [-0.1, -0.05) is 11.2 Å². The van der Waals surface area contributed by atoms with E-state index in [9.17, 15) is 4.39 Å².